The van der Waals surface area contributed by atoms with E-state index in [0.717, 1.165) is 22.9 Å². The molecule has 0 radical (unpaired) electrons. The van der Waals surface area contributed by atoms with Crippen molar-refractivity contribution in [2.75, 3.05) is 0 Å². The average Bonchev–Trinajstić information content (AvgIpc) is 3.58. The topological polar surface area (TPSA) is 30.7 Å². The molecule has 0 saturated carbocycles. The van der Waals surface area contributed by atoms with Gasteiger partial charge >= 0.3 is 0 Å². The predicted octanol–water partition coefficient (Wildman–Crippen LogP) is 9.85. The van der Waals surface area contributed by atoms with Crippen LogP contribution in [0.1, 0.15) is 49.9 Å². The maximum Gasteiger partial charge on any atom is 0.162 e. The number of nitrogens with zero attached hydrogens (tertiary/aromatic N) is 3. The first-order chi connectivity index (χ1) is 20.9. The Morgan fingerprint density at radius 3 is 1.93 bits per heavy atom. The zero-order chi connectivity index (χ0) is 29.1. The van der Waals surface area contributed by atoms with Crippen LogP contribution in [-0.4, -0.2) is 14.5 Å². The Labute approximate surface area is 251 Å². The summed E-state index contributed by atoms with van der Waals surface area (Å²) in [6, 6.07) is 41.5. The monoisotopic (exact) mass is 553 g/mol. The van der Waals surface area contributed by atoms with E-state index in [1.807, 2.05) is 6.07 Å². The molecule has 2 aromatic heterocycles. The van der Waals surface area contributed by atoms with E-state index < -0.39 is 0 Å². The number of hydrogen-bond acceptors (Lipinski definition) is 2. The molecule has 2 aliphatic carbocycles. The van der Waals surface area contributed by atoms with Gasteiger partial charge in [0.05, 0.1) is 16.7 Å². The van der Waals surface area contributed by atoms with Crippen molar-refractivity contribution in [2.45, 2.75) is 38.5 Å². The van der Waals surface area contributed by atoms with Gasteiger partial charge in [-0.25, -0.2) is 9.97 Å². The van der Waals surface area contributed by atoms with Gasteiger partial charge in [-0.15, -0.1) is 0 Å². The molecule has 0 spiro atoms. The Hall–Kier alpha value is -5.02. The van der Waals surface area contributed by atoms with Crippen molar-refractivity contribution < 1.29 is 0 Å². The largest absolute Gasteiger partial charge is 0.293 e. The third kappa shape index (κ3) is 3.09. The molecule has 7 aromatic rings. The van der Waals surface area contributed by atoms with Crippen molar-refractivity contribution in [1.29, 1.82) is 0 Å². The second kappa shape index (κ2) is 8.29. The zero-order valence-electron chi connectivity index (χ0n) is 24.8. The minimum atomic E-state index is -0.263. The van der Waals surface area contributed by atoms with Crippen LogP contribution in [0.4, 0.5) is 0 Å². The van der Waals surface area contributed by atoms with E-state index in [1.165, 1.54) is 60.8 Å². The molecule has 2 heterocycles. The van der Waals surface area contributed by atoms with Gasteiger partial charge in [-0.3, -0.25) is 4.57 Å². The van der Waals surface area contributed by atoms with Crippen LogP contribution in [0.2, 0.25) is 0 Å². The van der Waals surface area contributed by atoms with E-state index >= 15 is 0 Å². The van der Waals surface area contributed by atoms with Crippen molar-refractivity contribution in [3.05, 3.63) is 138 Å². The highest BCUT2D eigenvalue weighted by molar-refractivity contribution is 6.14. The average molecular weight is 554 g/mol. The standard InChI is InChI=1S/C40H31N3/c1-39(2)29-19-11-8-16-25(29)26-22-23-32-33(34(26)39)28-18-10-13-21-31(28)43(32)38-35-36(27-17-9-12-20-30(27)40(35,3)4)41-37(42-38)24-14-6-5-7-15-24/h5-23H,1-4H3. The third-order valence-corrected chi connectivity index (χ3v) is 9.97. The number of hydrogen-bond donors (Lipinski definition) is 0. The van der Waals surface area contributed by atoms with Crippen molar-refractivity contribution >= 4 is 21.8 Å². The first-order valence-electron chi connectivity index (χ1n) is 15.1. The number of benzene rings is 5. The minimum Gasteiger partial charge on any atom is -0.293 e. The minimum absolute atomic E-state index is 0.126. The SMILES string of the molecule is CC1(C)c2ccccc2-c2nc(-c3ccccc3)nc(-n3c4ccccc4c4c5c(ccc43)-c3ccccc3C5(C)C)c21. The summed E-state index contributed by atoms with van der Waals surface area (Å²) < 4.78 is 2.42. The lowest BCUT2D eigenvalue weighted by Gasteiger charge is -2.25. The Balaban J connectivity index is 1.45. The van der Waals surface area contributed by atoms with E-state index in [2.05, 4.69) is 141 Å². The van der Waals surface area contributed by atoms with Gasteiger partial charge in [-0.1, -0.05) is 131 Å². The summed E-state index contributed by atoms with van der Waals surface area (Å²) in [5.41, 5.74) is 13.2. The van der Waals surface area contributed by atoms with Crippen LogP contribution >= 0.6 is 0 Å². The van der Waals surface area contributed by atoms with Crippen LogP contribution in [-0.2, 0) is 10.8 Å². The quantitative estimate of drug-likeness (QED) is 0.213. The number of aromatic nitrogens is 3. The lowest BCUT2D eigenvalue weighted by atomic mass is 9.80. The molecule has 3 heteroatoms. The normalized spacial score (nSPS) is 15.3. The fourth-order valence-corrected chi connectivity index (χ4v) is 8.03. The Kier molecular flexibility index (Phi) is 4.74. The molecular weight excluding hydrogens is 522 g/mol. The molecule has 5 aromatic carbocycles. The van der Waals surface area contributed by atoms with Crippen LogP contribution in [0, 0.1) is 0 Å². The molecule has 0 amide bonds. The fourth-order valence-electron chi connectivity index (χ4n) is 8.03. The zero-order valence-corrected chi connectivity index (χ0v) is 24.8. The first-order valence-corrected chi connectivity index (χ1v) is 15.1. The van der Waals surface area contributed by atoms with Gasteiger partial charge < -0.3 is 0 Å². The molecule has 206 valence electrons. The van der Waals surface area contributed by atoms with Crippen LogP contribution in [0.15, 0.2) is 115 Å². The molecule has 0 N–H and O–H groups in total. The molecule has 0 fully saturated rings. The highest BCUT2D eigenvalue weighted by Gasteiger charge is 2.42. The fraction of sp³-hybridized carbons (Fsp3) is 0.150. The maximum absolute atomic E-state index is 5.46. The second-order valence-corrected chi connectivity index (χ2v) is 13.0. The number of fused-ring (bicyclic) bond motifs is 10. The van der Waals surface area contributed by atoms with Gasteiger partial charge in [-0.2, -0.15) is 0 Å². The molecule has 0 unspecified atom stereocenters. The van der Waals surface area contributed by atoms with E-state index in [-0.39, 0.29) is 10.8 Å². The number of rotatable bonds is 2. The van der Waals surface area contributed by atoms with Crippen molar-refractivity contribution in [3.8, 4) is 39.6 Å². The number of para-hydroxylation sites is 1. The van der Waals surface area contributed by atoms with Crippen LogP contribution < -0.4 is 0 Å². The summed E-state index contributed by atoms with van der Waals surface area (Å²) in [5, 5.41) is 2.58. The first kappa shape index (κ1) is 24.6. The molecule has 2 aliphatic rings. The molecule has 43 heavy (non-hydrogen) atoms. The van der Waals surface area contributed by atoms with Crippen molar-refractivity contribution in [3.63, 3.8) is 0 Å². The van der Waals surface area contributed by atoms with E-state index in [1.54, 1.807) is 0 Å². The van der Waals surface area contributed by atoms with Gasteiger partial charge in [0, 0.05) is 38.3 Å². The molecule has 9 rings (SSSR count). The van der Waals surface area contributed by atoms with Gasteiger partial charge in [0.1, 0.15) is 5.82 Å². The van der Waals surface area contributed by atoms with Gasteiger partial charge in [0.15, 0.2) is 5.82 Å². The smallest absolute Gasteiger partial charge is 0.162 e. The lowest BCUT2D eigenvalue weighted by molar-refractivity contribution is 0.650. The van der Waals surface area contributed by atoms with E-state index in [4.69, 9.17) is 9.97 Å². The molecule has 3 nitrogen and oxygen atoms in total. The highest BCUT2D eigenvalue weighted by Crippen LogP contribution is 2.55. The van der Waals surface area contributed by atoms with Crippen LogP contribution in [0.3, 0.4) is 0 Å². The molecular formula is C40H31N3. The predicted molar refractivity (Wildman–Crippen MR) is 177 cm³/mol. The van der Waals surface area contributed by atoms with E-state index in [0.29, 0.717) is 0 Å². The summed E-state index contributed by atoms with van der Waals surface area (Å²) in [6.45, 7) is 9.38. The Morgan fingerprint density at radius 1 is 0.512 bits per heavy atom. The summed E-state index contributed by atoms with van der Waals surface area (Å²) in [5.74, 6) is 1.71. The van der Waals surface area contributed by atoms with Crippen molar-refractivity contribution in [2.24, 2.45) is 0 Å². The molecule has 0 aliphatic heterocycles. The van der Waals surface area contributed by atoms with Crippen molar-refractivity contribution in [1.82, 2.24) is 14.5 Å². The summed E-state index contributed by atoms with van der Waals surface area (Å²) in [6.07, 6.45) is 0. The summed E-state index contributed by atoms with van der Waals surface area (Å²) in [7, 11) is 0. The van der Waals surface area contributed by atoms with Gasteiger partial charge in [0.2, 0.25) is 0 Å². The van der Waals surface area contributed by atoms with Crippen LogP contribution in [0.25, 0.3) is 61.4 Å². The summed E-state index contributed by atoms with van der Waals surface area (Å²) >= 11 is 0. The molecule has 0 bridgehead atoms. The highest BCUT2D eigenvalue weighted by atomic mass is 15.1. The van der Waals surface area contributed by atoms with Gasteiger partial charge in [-0.05, 0) is 39.9 Å². The third-order valence-electron chi connectivity index (χ3n) is 9.97. The second-order valence-electron chi connectivity index (χ2n) is 13.0. The summed E-state index contributed by atoms with van der Waals surface area (Å²) in [4.78, 5) is 10.7. The van der Waals surface area contributed by atoms with Gasteiger partial charge in [0.25, 0.3) is 0 Å². The Bertz CT molecular complexity index is 2290. The van der Waals surface area contributed by atoms with Crippen LogP contribution in [0.5, 0.6) is 0 Å². The maximum atomic E-state index is 5.46. The lowest BCUT2D eigenvalue weighted by Crippen LogP contribution is -2.20. The Morgan fingerprint density at radius 2 is 1.14 bits per heavy atom. The molecule has 0 saturated heterocycles. The molecule has 0 atom stereocenters. The van der Waals surface area contributed by atoms with E-state index in [9.17, 15) is 0 Å².